The molecule has 94 valence electrons. The number of nitrogens with one attached hydrogen (secondary N) is 1. The van der Waals surface area contributed by atoms with Crippen molar-refractivity contribution in [3.8, 4) is 0 Å². The summed E-state index contributed by atoms with van der Waals surface area (Å²) < 4.78 is 26.0. The summed E-state index contributed by atoms with van der Waals surface area (Å²) >= 11 is 1.32. The lowest BCUT2D eigenvalue weighted by molar-refractivity contribution is 0.584. The van der Waals surface area contributed by atoms with Crippen LogP contribution in [0.4, 0.5) is 8.78 Å². The van der Waals surface area contributed by atoms with E-state index >= 15 is 0 Å². The maximum Gasteiger partial charge on any atom is 0.287 e. The molecule has 1 N–H and O–H groups in total. The molecule has 0 fully saturated rings. The summed E-state index contributed by atoms with van der Waals surface area (Å²) in [5.74, 6) is -0.473. The van der Waals surface area contributed by atoms with E-state index in [1.165, 1.54) is 30.8 Å². The minimum Gasteiger partial charge on any atom is -0.307 e. The van der Waals surface area contributed by atoms with Gasteiger partial charge >= 0.3 is 0 Å². The Morgan fingerprint density at radius 1 is 1.39 bits per heavy atom. The lowest BCUT2D eigenvalue weighted by Crippen LogP contribution is -2.16. The first kappa shape index (κ1) is 12.8. The van der Waals surface area contributed by atoms with Gasteiger partial charge in [-0.05, 0) is 25.1 Å². The van der Waals surface area contributed by atoms with E-state index in [9.17, 15) is 13.6 Å². The number of halogens is 2. The molecule has 1 aromatic heterocycles. The maximum atomic E-state index is 13.1. The van der Waals surface area contributed by atoms with Crippen molar-refractivity contribution < 1.29 is 8.78 Å². The highest BCUT2D eigenvalue weighted by Gasteiger charge is 2.07. The standard InChI is InChI=1S/C12H10F2N2OS/c1-7-11(14)12(17)16-10(15-7)6-18-9-4-2-3-8(13)5-9/h2-5H,6H2,1H3,(H,15,16,17). The number of hydrogen-bond donors (Lipinski definition) is 1. The van der Waals surface area contributed by atoms with Gasteiger partial charge in [-0.3, -0.25) is 4.79 Å². The minimum absolute atomic E-state index is 0.0635. The van der Waals surface area contributed by atoms with Crippen molar-refractivity contribution in [2.75, 3.05) is 0 Å². The molecule has 0 aliphatic carbocycles. The lowest BCUT2D eigenvalue weighted by atomic mass is 10.4. The molecule has 0 saturated carbocycles. The first-order valence-corrected chi connectivity index (χ1v) is 6.18. The fourth-order valence-electron chi connectivity index (χ4n) is 1.41. The first-order chi connectivity index (χ1) is 8.56. The van der Waals surface area contributed by atoms with Crippen LogP contribution in [0.25, 0.3) is 0 Å². The number of benzene rings is 1. The van der Waals surface area contributed by atoms with Gasteiger partial charge in [0.2, 0.25) is 5.82 Å². The van der Waals surface area contributed by atoms with Crippen molar-refractivity contribution >= 4 is 11.8 Å². The molecule has 0 bridgehead atoms. The van der Waals surface area contributed by atoms with Crippen LogP contribution in [-0.4, -0.2) is 9.97 Å². The molecule has 0 spiro atoms. The van der Waals surface area contributed by atoms with Crippen LogP contribution in [0.5, 0.6) is 0 Å². The summed E-state index contributed by atoms with van der Waals surface area (Å²) in [4.78, 5) is 18.2. The summed E-state index contributed by atoms with van der Waals surface area (Å²) in [7, 11) is 0. The molecule has 1 aromatic carbocycles. The van der Waals surface area contributed by atoms with Gasteiger partial charge in [-0.1, -0.05) is 6.07 Å². The number of aromatic amines is 1. The van der Waals surface area contributed by atoms with Gasteiger partial charge in [-0.2, -0.15) is 4.39 Å². The van der Waals surface area contributed by atoms with Crippen molar-refractivity contribution in [3.05, 3.63) is 57.8 Å². The average Bonchev–Trinajstić information content (AvgIpc) is 2.33. The van der Waals surface area contributed by atoms with Crippen LogP contribution in [0.2, 0.25) is 0 Å². The van der Waals surface area contributed by atoms with E-state index in [0.29, 0.717) is 11.6 Å². The third-order valence-corrected chi connectivity index (χ3v) is 3.25. The third kappa shape index (κ3) is 2.95. The Morgan fingerprint density at radius 3 is 2.83 bits per heavy atom. The second-order valence-electron chi connectivity index (χ2n) is 3.66. The fraction of sp³-hybridized carbons (Fsp3) is 0.167. The summed E-state index contributed by atoms with van der Waals surface area (Å²) in [5, 5.41) is 0. The van der Waals surface area contributed by atoms with Crippen molar-refractivity contribution in [3.63, 3.8) is 0 Å². The Bertz CT molecular complexity index is 628. The molecule has 0 aliphatic rings. The summed E-state index contributed by atoms with van der Waals surface area (Å²) in [6.45, 7) is 1.43. The molecule has 18 heavy (non-hydrogen) atoms. The summed E-state index contributed by atoms with van der Waals surface area (Å²) in [5.41, 5.74) is -0.717. The summed E-state index contributed by atoms with van der Waals surface area (Å²) in [6, 6.07) is 6.09. The molecule has 0 aliphatic heterocycles. The zero-order valence-electron chi connectivity index (χ0n) is 9.54. The highest BCUT2D eigenvalue weighted by atomic mass is 32.2. The number of thioether (sulfide) groups is 1. The molecule has 3 nitrogen and oxygen atoms in total. The molecule has 2 aromatic rings. The number of nitrogens with zero attached hydrogens (tertiary/aromatic N) is 1. The second-order valence-corrected chi connectivity index (χ2v) is 4.71. The van der Waals surface area contributed by atoms with Crippen LogP contribution in [0, 0.1) is 18.6 Å². The minimum atomic E-state index is -0.866. The predicted octanol–water partition coefficient (Wildman–Crippen LogP) is 2.65. The van der Waals surface area contributed by atoms with Crippen molar-refractivity contribution in [1.82, 2.24) is 9.97 Å². The molecule has 6 heteroatoms. The van der Waals surface area contributed by atoms with Gasteiger partial charge in [-0.25, -0.2) is 9.37 Å². The number of aromatic nitrogens is 2. The normalized spacial score (nSPS) is 10.6. The molecule has 1 heterocycles. The van der Waals surface area contributed by atoms with E-state index < -0.39 is 11.4 Å². The van der Waals surface area contributed by atoms with Crippen molar-refractivity contribution in [1.29, 1.82) is 0 Å². The molecule has 0 saturated heterocycles. The number of rotatable bonds is 3. The summed E-state index contributed by atoms with van der Waals surface area (Å²) in [6.07, 6.45) is 0. The van der Waals surface area contributed by atoms with Crippen LogP contribution in [0.15, 0.2) is 34.0 Å². The Labute approximate surface area is 106 Å². The monoisotopic (exact) mass is 268 g/mol. The van der Waals surface area contributed by atoms with E-state index in [1.54, 1.807) is 12.1 Å². The van der Waals surface area contributed by atoms with E-state index in [4.69, 9.17) is 0 Å². The number of aryl methyl sites for hydroxylation is 1. The molecule has 0 amide bonds. The van der Waals surface area contributed by atoms with Gasteiger partial charge < -0.3 is 4.98 Å². The van der Waals surface area contributed by atoms with Crippen LogP contribution >= 0.6 is 11.8 Å². The quantitative estimate of drug-likeness (QED) is 0.870. The molecule has 2 rings (SSSR count). The van der Waals surface area contributed by atoms with Crippen LogP contribution in [-0.2, 0) is 5.75 Å². The lowest BCUT2D eigenvalue weighted by Gasteiger charge is -2.03. The third-order valence-electron chi connectivity index (χ3n) is 2.25. The van der Waals surface area contributed by atoms with Crippen molar-refractivity contribution in [2.45, 2.75) is 17.6 Å². The largest absolute Gasteiger partial charge is 0.307 e. The van der Waals surface area contributed by atoms with E-state index in [0.717, 1.165) is 4.90 Å². The molecular formula is C12H10F2N2OS. The van der Waals surface area contributed by atoms with Crippen LogP contribution < -0.4 is 5.56 Å². The van der Waals surface area contributed by atoms with Gasteiger partial charge in [0.25, 0.3) is 5.56 Å². The zero-order valence-corrected chi connectivity index (χ0v) is 10.4. The SMILES string of the molecule is Cc1nc(CSc2cccc(F)c2)[nH]c(=O)c1F. The Hall–Kier alpha value is -1.69. The van der Waals surface area contributed by atoms with Crippen molar-refractivity contribution in [2.24, 2.45) is 0 Å². The van der Waals surface area contributed by atoms with Gasteiger partial charge in [0.1, 0.15) is 11.6 Å². The smallest absolute Gasteiger partial charge is 0.287 e. The van der Waals surface area contributed by atoms with E-state index in [1.807, 2.05) is 0 Å². The molecular weight excluding hydrogens is 258 g/mol. The molecule has 0 unspecified atom stereocenters. The number of hydrogen-bond acceptors (Lipinski definition) is 3. The van der Waals surface area contributed by atoms with E-state index in [-0.39, 0.29) is 11.5 Å². The first-order valence-electron chi connectivity index (χ1n) is 5.20. The highest BCUT2D eigenvalue weighted by molar-refractivity contribution is 7.98. The zero-order chi connectivity index (χ0) is 13.1. The van der Waals surface area contributed by atoms with Gasteiger partial charge in [-0.15, -0.1) is 11.8 Å². The van der Waals surface area contributed by atoms with Gasteiger partial charge in [0.05, 0.1) is 11.4 Å². The Kier molecular flexibility index (Phi) is 3.76. The Balaban J connectivity index is 2.14. The van der Waals surface area contributed by atoms with Gasteiger partial charge in [0.15, 0.2) is 0 Å². The topological polar surface area (TPSA) is 45.8 Å². The average molecular weight is 268 g/mol. The second kappa shape index (κ2) is 5.30. The number of H-pyrrole nitrogens is 1. The predicted molar refractivity (Wildman–Crippen MR) is 65.5 cm³/mol. The van der Waals surface area contributed by atoms with Crippen LogP contribution in [0.3, 0.4) is 0 Å². The maximum absolute atomic E-state index is 13.1. The fourth-order valence-corrected chi connectivity index (χ4v) is 2.22. The van der Waals surface area contributed by atoms with Crippen LogP contribution in [0.1, 0.15) is 11.5 Å². The molecule has 0 radical (unpaired) electrons. The Morgan fingerprint density at radius 2 is 2.17 bits per heavy atom. The van der Waals surface area contributed by atoms with Gasteiger partial charge in [0, 0.05) is 4.90 Å². The highest BCUT2D eigenvalue weighted by Crippen LogP contribution is 2.21. The van der Waals surface area contributed by atoms with E-state index in [2.05, 4.69) is 9.97 Å². The molecule has 0 atom stereocenters.